The number of halogens is 1. The Labute approximate surface area is 190 Å². The highest BCUT2D eigenvalue weighted by Crippen LogP contribution is 2.12. The second-order valence-electron chi connectivity index (χ2n) is 7.06. The fourth-order valence-corrected chi connectivity index (χ4v) is 3.32. The molecule has 1 aromatic heterocycles. The van der Waals surface area contributed by atoms with Crippen molar-refractivity contribution in [1.29, 1.82) is 0 Å². The molecule has 0 aliphatic carbocycles. The SMILES string of the molecule is CCc1nncn1CCNC(=NCC1CCCCO1)NCCc1ccccc1.I. The summed E-state index contributed by atoms with van der Waals surface area (Å²) in [6.45, 7) is 6.08. The van der Waals surface area contributed by atoms with Gasteiger partial charge in [-0.3, -0.25) is 4.99 Å². The molecule has 1 aliphatic rings. The molecule has 1 aromatic carbocycles. The number of hydrogen-bond acceptors (Lipinski definition) is 4. The molecule has 160 valence electrons. The molecule has 0 saturated carbocycles. The zero-order chi connectivity index (χ0) is 19.4. The number of benzene rings is 1. The third-order valence-electron chi connectivity index (χ3n) is 4.93. The van der Waals surface area contributed by atoms with Crippen LogP contribution in [0.4, 0.5) is 0 Å². The van der Waals surface area contributed by atoms with Gasteiger partial charge in [0.05, 0.1) is 12.6 Å². The number of rotatable bonds is 9. The van der Waals surface area contributed by atoms with E-state index >= 15 is 0 Å². The Kier molecular flexibility index (Phi) is 11.0. The van der Waals surface area contributed by atoms with Gasteiger partial charge in [-0.1, -0.05) is 37.3 Å². The number of nitrogens with one attached hydrogen (secondary N) is 2. The first-order valence-electron chi connectivity index (χ1n) is 10.4. The Balaban J connectivity index is 0.00000300. The molecule has 2 aromatic rings. The molecule has 1 atom stereocenters. The molecule has 8 heteroatoms. The number of ether oxygens (including phenoxy) is 1. The molecule has 7 nitrogen and oxygen atoms in total. The second-order valence-corrected chi connectivity index (χ2v) is 7.06. The normalized spacial score (nSPS) is 16.9. The lowest BCUT2D eigenvalue weighted by Crippen LogP contribution is -2.40. The van der Waals surface area contributed by atoms with E-state index in [-0.39, 0.29) is 30.1 Å². The lowest BCUT2D eigenvalue weighted by Gasteiger charge is -2.21. The van der Waals surface area contributed by atoms with E-state index in [2.05, 4.69) is 56.6 Å². The van der Waals surface area contributed by atoms with Crippen molar-refractivity contribution < 1.29 is 4.74 Å². The fourth-order valence-electron chi connectivity index (χ4n) is 3.32. The highest BCUT2D eigenvalue weighted by Gasteiger charge is 2.13. The van der Waals surface area contributed by atoms with Crippen LogP contribution in [0.5, 0.6) is 0 Å². The minimum absolute atomic E-state index is 0. The summed E-state index contributed by atoms with van der Waals surface area (Å²) < 4.78 is 7.89. The minimum Gasteiger partial charge on any atom is -0.376 e. The van der Waals surface area contributed by atoms with Crippen LogP contribution in [-0.4, -0.2) is 53.1 Å². The van der Waals surface area contributed by atoms with Gasteiger partial charge < -0.3 is 19.9 Å². The first kappa shape index (κ1) is 23.6. The molecule has 3 rings (SSSR count). The molecule has 1 unspecified atom stereocenters. The smallest absolute Gasteiger partial charge is 0.191 e. The van der Waals surface area contributed by atoms with E-state index in [9.17, 15) is 0 Å². The monoisotopic (exact) mass is 512 g/mol. The Bertz CT molecular complexity index is 715. The van der Waals surface area contributed by atoms with Crippen molar-refractivity contribution in [3.8, 4) is 0 Å². The summed E-state index contributed by atoms with van der Waals surface area (Å²) in [5.41, 5.74) is 1.32. The number of nitrogens with zero attached hydrogens (tertiary/aromatic N) is 4. The molecule has 2 N–H and O–H groups in total. The van der Waals surface area contributed by atoms with Crippen molar-refractivity contribution in [2.45, 2.75) is 51.7 Å². The van der Waals surface area contributed by atoms with Crippen LogP contribution in [0.25, 0.3) is 0 Å². The minimum atomic E-state index is 0. The molecule has 0 spiro atoms. The molecule has 2 heterocycles. The average Bonchev–Trinajstić information content (AvgIpc) is 3.20. The molecule has 1 fully saturated rings. The van der Waals surface area contributed by atoms with E-state index in [0.29, 0.717) is 6.54 Å². The molecule has 0 bridgehead atoms. The van der Waals surface area contributed by atoms with E-state index in [1.807, 2.05) is 6.07 Å². The maximum absolute atomic E-state index is 5.81. The van der Waals surface area contributed by atoms with Gasteiger partial charge >= 0.3 is 0 Å². The summed E-state index contributed by atoms with van der Waals surface area (Å²) in [6.07, 6.45) is 7.38. The number of hydrogen-bond donors (Lipinski definition) is 2. The Morgan fingerprint density at radius 1 is 1.21 bits per heavy atom. The van der Waals surface area contributed by atoms with Crippen LogP contribution < -0.4 is 10.6 Å². The highest BCUT2D eigenvalue weighted by atomic mass is 127. The van der Waals surface area contributed by atoms with Crippen molar-refractivity contribution in [2.24, 2.45) is 4.99 Å². The zero-order valence-corrected chi connectivity index (χ0v) is 19.5. The van der Waals surface area contributed by atoms with Crippen molar-refractivity contribution in [1.82, 2.24) is 25.4 Å². The maximum atomic E-state index is 5.81. The van der Waals surface area contributed by atoms with Gasteiger partial charge in [0.25, 0.3) is 0 Å². The Morgan fingerprint density at radius 2 is 2.03 bits per heavy atom. The standard InChI is InChI=1S/C21H32N6O.HI/c1-2-20-26-25-17-27(20)14-13-23-21(24-16-19-10-6-7-15-28-19)22-12-11-18-8-4-3-5-9-18;/h3-5,8-9,17,19H,2,6-7,10-16H2,1H3,(H2,22,23,24);1H. The third kappa shape index (κ3) is 8.30. The van der Waals surface area contributed by atoms with Gasteiger partial charge in [-0.2, -0.15) is 0 Å². The summed E-state index contributed by atoms with van der Waals surface area (Å²) >= 11 is 0. The van der Waals surface area contributed by atoms with Crippen LogP contribution in [0, 0.1) is 0 Å². The van der Waals surface area contributed by atoms with E-state index in [0.717, 1.165) is 57.3 Å². The number of aromatic nitrogens is 3. The quantitative estimate of drug-likeness (QED) is 0.307. The van der Waals surface area contributed by atoms with Crippen LogP contribution >= 0.6 is 24.0 Å². The zero-order valence-electron chi connectivity index (χ0n) is 17.2. The molecule has 1 saturated heterocycles. The van der Waals surface area contributed by atoms with Gasteiger partial charge in [-0.15, -0.1) is 34.2 Å². The Hall–Kier alpha value is -1.68. The third-order valence-corrected chi connectivity index (χ3v) is 4.93. The molecule has 0 radical (unpaired) electrons. The molecular weight excluding hydrogens is 479 g/mol. The molecule has 29 heavy (non-hydrogen) atoms. The predicted octanol–water partition coefficient (Wildman–Crippen LogP) is 2.81. The average molecular weight is 512 g/mol. The highest BCUT2D eigenvalue weighted by molar-refractivity contribution is 14.0. The van der Waals surface area contributed by atoms with E-state index < -0.39 is 0 Å². The summed E-state index contributed by atoms with van der Waals surface area (Å²) in [5.74, 6) is 1.85. The molecule has 0 amide bonds. The Morgan fingerprint density at radius 3 is 2.79 bits per heavy atom. The van der Waals surface area contributed by atoms with Crippen LogP contribution in [0.2, 0.25) is 0 Å². The topological polar surface area (TPSA) is 76.4 Å². The first-order chi connectivity index (χ1) is 13.8. The van der Waals surface area contributed by atoms with Crippen LogP contribution in [0.1, 0.15) is 37.6 Å². The summed E-state index contributed by atoms with van der Waals surface area (Å²) in [7, 11) is 0. The lowest BCUT2D eigenvalue weighted by atomic mass is 10.1. The van der Waals surface area contributed by atoms with E-state index in [1.165, 1.54) is 18.4 Å². The van der Waals surface area contributed by atoms with Crippen molar-refractivity contribution in [3.63, 3.8) is 0 Å². The summed E-state index contributed by atoms with van der Waals surface area (Å²) in [4.78, 5) is 4.77. The van der Waals surface area contributed by atoms with Gasteiger partial charge in [0.15, 0.2) is 5.96 Å². The van der Waals surface area contributed by atoms with Crippen LogP contribution in [0.3, 0.4) is 0 Å². The predicted molar refractivity (Wildman–Crippen MR) is 127 cm³/mol. The number of aliphatic imine (C=N–C) groups is 1. The lowest BCUT2D eigenvalue weighted by molar-refractivity contribution is 0.0224. The van der Waals surface area contributed by atoms with E-state index in [4.69, 9.17) is 9.73 Å². The maximum Gasteiger partial charge on any atom is 0.191 e. The van der Waals surface area contributed by atoms with Crippen LogP contribution in [-0.2, 0) is 24.1 Å². The van der Waals surface area contributed by atoms with Gasteiger partial charge in [-0.25, -0.2) is 0 Å². The summed E-state index contributed by atoms with van der Waals surface area (Å²) in [5, 5.41) is 15.0. The first-order valence-corrected chi connectivity index (χ1v) is 10.4. The number of guanidine groups is 1. The van der Waals surface area contributed by atoms with Crippen LogP contribution in [0.15, 0.2) is 41.7 Å². The van der Waals surface area contributed by atoms with Crippen molar-refractivity contribution >= 4 is 29.9 Å². The van der Waals surface area contributed by atoms with Gasteiger partial charge in [0.1, 0.15) is 12.2 Å². The van der Waals surface area contributed by atoms with E-state index in [1.54, 1.807) is 6.33 Å². The number of aryl methyl sites for hydroxylation is 1. The van der Waals surface area contributed by atoms with Crippen molar-refractivity contribution in [2.75, 3.05) is 26.2 Å². The second kappa shape index (κ2) is 13.5. The van der Waals surface area contributed by atoms with Crippen molar-refractivity contribution in [3.05, 3.63) is 48.0 Å². The largest absolute Gasteiger partial charge is 0.376 e. The molecular formula is C21H33IN6O. The van der Waals surface area contributed by atoms with Gasteiger partial charge in [0.2, 0.25) is 0 Å². The van der Waals surface area contributed by atoms with Gasteiger partial charge in [0, 0.05) is 32.7 Å². The van der Waals surface area contributed by atoms with Gasteiger partial charge in [-0.05, 0) is 31.2 Å². The molecule has 1 aliphatic heterocycles. The fraction of sp³-hybridized carbons (Fsp3) is 0.571. The summed E-state index contributed by atoms with van der Waals surface area (Å²) in [6, 6.07) is 10.5.